The number of ketones is 1. The fourth-order valence-corrected chi connectivity index (χ4v) is 5.40. The number of rotatable bonds is 8. The molecule has 3 aromatic rings. The molecule has 3 aromatic carbocycles. The fourth-order valence-electron chi connectivity index (χ4n) is 5.40. The van der Waals surface area contributed by atoms with Gasteiger partial charge in [-0.05, 0) is 88.3 Å². The van der Waals surface area contributed by atoms with Gasteiger partial charge in [0.2, 0.25) is 0 Å². The normalized spacial score (nSPS) is 16.2. The van der Waals surface area contributed by atoms with E-state index in [1.807, 2.05) is 0 Å². The first kappa shape index (κ1) is 28.4. The lowest BCUT2D eigenvalue weighted by molar-refractivity contribution is -0.137. The molecule has 10 heteroatoms. The monoisotopic (exact) mass is 564 g/mol. The van der Waals surface area contributed by atoms with E-state index in [-0.39, 0.29) is 29.4 Å². The average Bonchev–Trinajstić information content (AvgIpc) is 3.45. The molecule has 7 nitrogen and oxygen atoms in total. The molecule has 0 aromatic heterocycles. The summed E-state index contributed by atoms with van der Waals surface area (Å²) < 4.78 is 41.3. The molecule has 0 radical (unpaired) electrons. The largest absolute Gasteiger partial charge is 0.416 e. The number of amides is 4. The number of likely N-dealkylation sites (tertiary alicyclic amines) is 1. The Bertz CT molecular complexity index is 1440. The van der Waals surface area contributed by atoms with Crippen LogP contribution in [0.3, 0.4) is 0 Å². The first-order valence-corrected chi connectivity index (χ1v) is 13.8. The lowest BCUT2D eigenvalue weighted by Gasteiger charge is -2.27. The Kier molecular flexibility index (Phi) is 8.12. The molecule has 2 heterocycles. The van der Waals surface area contributed by atoms with Crippen molar-refractivity contribution in [3.05, 3.63) is 83.9 Å². The number of benzene rings is 3. The maximum absolute atomic E-state index is 14.2. The quantitative estimate of drug-likeness (QED) is 0.266. The molecular weight excluding hydrogens is 533 g/mol. The first-order valence-electron chi connectivity index (χ1n) is 13.8. The van der Waals surface area contributed by atoms with Crippen LogP contribution in [0, 0.1) is 0 Å². The maximum Gasteiger partial charge on any atom is 0.416 e. The van der Waals surface area contributed by atoms with Crippen LogP contribution in [-0.4, -0.2) is 48.9 Å². The number of hydrogen-bond donors (Lipinski definition) is 0. The van der Waals surface area contributed by atoms with E-state index in [9.17, 15) is 27.6 Å². The standard InChI is InChI=1S/C31H31F3N4O3/c1-2-36-26-16-15-23(31(32,33)34)21-27(26)37(24-11-4-3-5-12-24)30(41)38(29(36)40)25-13-8-10-22(20-25)28(39)14-9-19-35-17-6-7-18-35/h3-5,8,10-13,15-16,20-21H,2,6-7,9,14,17-19H2,1H3. The average molecular weight is 565 g/mol. The van der Waals surface area contributed by atoms with Crippen LogP contribution in [0.1, 0.15) is 48.5 Å². The lowest BCUT2D eigenvalue weighted by Crippen LogP contribution is -2.48. The molecule has 0 atom stereocenters. The molecule has 2 aliphatic rings. The zero-order chi connectivity index (χ0) is 29.1. The van der Waals surface area contributed by atoms with E-state index >= 15 is 0 Å². The second kappa shape index (κ2) is 11.7. The second-order valence-electron chi connectivity index (χ2n) is 10.1. The third kappa shape index (κ3) is 5.83. The van der Waals surface area contributed by atoms with Gasteiger partial charge < -0.3 is 4.90 Å². The number of fused-ring (bicyclic) bond motifs is 1. The maximum atomic E-state index is 14.2. The molecule has 4 amide bonds. The highest BCUT2D eigenvalue weighted by atomic mass is 19.4. The van der Waals surface area contributed by atoms with Crippen molar-refractivity contribution < 1.29 is 27.6 Å². The third-order valence-electron chi connectivity index (χ3n) is 7.47. The second-order valence-corrected chi connectivity index (χ2v) is 10.1. The Morgan fingerprint density at radius 3 is 2.20 bits per heavy atom. The zero-order valence-corrected chi connectivity index (χ0v) is 22.7. The number of para-hydroxylation sites is 1. The number of carbonyl (C=O) groups excluding carboxylic acids is 3. The molecule has 214 valence electrons. The number of nitrogens with zero attached hydrogens (tertiary/aromatic N) is 4. The smallest absolute Gasteiger partial charge is 0.303 e. The highest BCUT2D eigenvalue weighted by molar-refractivity contribution is 6.28. The van der Waals surface area contributed by atoms with Crippen LogP contribution >= 0.6 is 0 Å². The lowest BCUT2D eigenvalue weighted by atomic mass is 10.1. The molecule has 1 saturated heterocycles. The van der Waals surface area contributed by atoms with Crippen molar-refractivity contribution in [2.45, 2.75) is 38.8 Å². The highest BCUT2D eigenvalue weighted by Gasteiger charge is 2.41. The summed E-state index contributed by atoms with van der Waals surface area (Å²) in [5.41, 5.74) is -0.0257. The number of imide groups is 1. The summed E-state index contributed by atoms with van der Waals surface area (Å²) in [5, 5.41) is 0. The number of urea groups is 2. The van der Waals surface area contributed by atoms with Gasteiger partial charge in [-0.3, -0.25) is 14.6 Å². The molecule has 0 spiro atoms. The molecular formula is C31H31F3N4O3. The Morgan fingerprint density at radius 2 is 1.51 bits per heavy atom. The molecule has 2 aliphatic heterocycles. The zero-order valence-electron chi connectivity index (χ0n) is 22.7. The van der Waals surface area contributed by atoms with Gasteiger partial charge in [-0.15, -0.1) is 0 Å². The minimum Gasteiger partial charge on any atom is -0.303 e. The van der Waals surface area contributed by atoms with Gasteiger partial charge in [0.15, 0.2) is 5.78 Å². The van der Waals surface area contributed by atoms with E-state index in [0.717, 1.165) is 41.6 Å². The Labute approximate surface area is 236 Å². The molecule has 0 unspecified atom stereocenters. The van der Waals surface area contributed by atoms with Gasteiger partial charge in [-0.25, -0.2) is 14.5 Å². The number of halogens is 3. The predicted octanol–water partition coefficient (Wildman–Crippen LogP) is 7.49. The van der Waals surface area contributed by atoms with Gasteiger partial charge in [0, 0.05) is 18.5 Å². The molecule has 1 fully saturated rings. The van der Waals surface area contributed by atoms with Crippen molar-refractivity contribution in [3.63, 3.8) is 0 Å². The Hall–Kier alpha value is -4.18. The summed E-state index contributed by atoms with van der Waals surface area (Å²) in [7, 11) is 0. The summed E-state index contributed by atoms with van der Waals surface area (Å²) in [6.07, 6.45) is -1.29. The first-order chi connectivity index (χ1) is 19.7. The van der Waals surface area contributed by atoms with Gasteiger partial charge in [0.1, 0.15) is 0 Å². The van der Waals surface area contributed by atoms with E-state index in [4.69, 9.17) is 0 Å². The summed E-state index contributed by atoms with van der Waals surface area (Å²) >= 11 is 0. The van der Waals surface area contributed by atoms with Crippen molar-refractivity contribution >= 4 is 40.6 Å². The Balaban J connectivity index is 1.54. The molecule has 0 bridgehead atoms. The number of Topliss-reactive ketones (excluding diaryl/α,β-unsaturated/α-hetero) is 1. The van der Waals surface area contributed by atoms with Gasteiger partial charge in [-0.2, -0.15) is 13.2 Å². The third-order valence-corrected chi connectivity index (χ3v) is 7.47. The molecule has 0 N–H and O–H groups in total. The summed E-state index contributed by atoms with van der Waals surface area (Å²) in [6.45, 7) is 4.70. The molecule has 5 rings (SSSR count). The van der Waals surface area contributed by atoms with Gasteiger partial charge in [-0.1, -0.05) is 30.3 Å². The van der Waals surface area contributed by atoms with Crippen LogP contribution in [-0.2, 0) is 6.18 Å². The van der Waals surface area contributed by atoms with Crippen molar-refractivity contribution in [2.75, 3.05) is 40.9 Å². The molecule has 41 heavy (non-hydrogen) atoms. The summed E-state index contributed by atoms with van der Waals surface area (Å²) in [5.74, 6) is -0.105. The van der Waals surface area contributed by atoms with Gasteiger partial charge in [0.05, 0.1) is 28.3 Å². The minimum atomic E-state index is -4.66. The summed E-state index contributed by atoms with van der Waals surface area (Å²) in [4.78, 5) is 46.8. The van der Waals surface area contributed by atoms with Crippen LogP contribution in [0.15, 0.2) is 72.8 Å². The van der Waals surface area contributed by atoms with Crippen LogP contribution in [0.25, 0.3) is 0 Å². The van der Waals surface area contributed by atoms with Crippen molar-refractivity contribution in [1.29, 1.82) is 0 Å². The number of carbonyl (C=O) groups is 3. The van der Waals surface area contributed by atoms with Crippen molar-refractivity contribution in [1.82, 2.24) is 4.90 Å². The highest BCUT2D eigenvalue weighted by Crippen LogP contribution is 2.43. The van der Waals surface area contributed by atoms with E-state index in [2.05, 4.69) is 4.90 Å². The minimum absolute atomic E-state index is 0.0668. The van der Waals surface area contributed by atoms with Crippen molar-refractivity contribution in [3.8, 4) is 0 Å². The number of alkyl halides is 3. The van der Waals surface area contributed by atoms with E-state index in [0.29, 0.717) is 24.1 Å². The van der Waals surface area contributed by atoms with Crippen molar-refractivity contribution in [2.24, 2.45) is 0 Å². The fraction of sp³-hybridized carbons (Fsp3) is 0.323. The van der Waals surface area contributed by atoms with E-state index in [1.165, 1.54) is 29.9 Å². The van der Waals surface area contributed by atoms with E-state index in [1.54, 1.807) is 55.5 Å². The van der Waals surface area contributed by atoms with Crippen LogP contribution in [0.2, 0.25) is 0 Å². The van der Waals surface area contributed by atoms with Crippen LogP contribution in [0.4, 0.5) is 45.5 Å². The van der Waals surface area contributed by atoms with Crippen LogP contribution < -0.4 is 14.7 Å². The SMILES string of the molecule is CCN1C(=O)N(c2cccc(C(=O)CCCN3CCCC3)c2)C(=O)N(c2ccccc2)c2cc(C(F)(F)F)ccc21. The summed E-state index contributed by atoms with van der Waals surface area (Å²) in [6, 6.07) is 15.9. The van der Waals surface area contributed by atoms with Gasteiger partial charge >= 0.3 is 18.2 Å². The topological polar surface area (TPSA) is 64.2 Å². The number of anilines is 4. The van der Waals surface area contributed by atoms with Crippen LogP contribution in [0.5, 0.6) is 0 Å². The Morgan fingerprint density at radius 1 is 0.805 bits per heavy atom. The molecule has 0 saturated carbocycles. The van der Waals surface area contributed by atoms with E-state index < -0.39 is 23.8 Å². The van der Waals surface area contributed by atoms with Gasteiger partial charge in [0.25, 0.3) is 0 Å². The number of hydrogen-bond acceptors (Lipinski definition) is 4. The molecule has 0 aliphatic carbocycles. The predicted molar refractivity (Wildman–Crippen MR) is 152 cm³/mol.